The standard InChI is InChI=1S/C9H15N2.HI/c1-3-5-10-7-8-11(9-10)6-4-2;/h3-4,9H,1-2,5-8H2;1H/q+1;/p-1. The molecular weight excluding hydrogens is 263 g/mol. The third-order valence-corrected chi connectivity index (χ3v) is 1.73. The largest absolute Gasteiger partial charge is 1.00 e. The molecule has 0 radical (unpaired) electrons. The zero-order chi connectivity index (χ0) is 8.10. The summed E-state index contributed by atoms with van der Waals surface area (Å²) < 4.78 is 2.25. The van der Waals surface area contributed by atoms with Gasteiger partial charge in [-0.3, -0.25) is 9.48 Å². The molecule has 0 saturated carbocycles. The van der Waals surface area contributed by atoms with E-state index in [1.807, 2.05) is 12.2 Å². The maximum atomic E-state index is 3.69. The quantitative estimate of drug-likeness (QED) is 0.319. The molecule has 2 nitrogen and oxygen atoms in total. The van der Waals surface area contributed by atoms with Crippen LogP contribution in [0.1, 0.15) is 0 Å². The Morgan fingerprint density at radius 1 is 1.42 bits per heavy atom. The summed E-state index contributed by atoms with van der Waals surface area (Å²) in [6.07, 6.45) is 5.99. The van der Waals surface area contributed by atoms with E-state index in [9.17, 15) is 0 Å². The molecule has 0 N–H and O–H groups in total. The van der Waals surface area contributed by atoms with Gasteiger partial charge in [-0.1, -0.05) is 25.3 Å². The average Bonchev–Trinajstić information content (AvgIpc) is 2.38. The molecule has 68 valence electrons. The van der Waals surface area contributed by atoms with Crippen LogP contribution in [-0.2, 0) is 0 Å². The maximum absolute atomic E-state index is 3.69. The second-order valence-electron chi connectivity index (χ2n) is 2.68. The third-order valence-electron chi connectivity index (χ3n) is 1.73. The van der Waals surface area contributed by atoms with E-state index in [4.69, 9.17) is 0 Å². The van der Waals surface area contributed by atoms with Crippen molar-refractivity contribution >= 4 is 6.34 Å². The second-order valence-corrected chi connectivity index (χ2v) is 2.68. The lowest BCUT2D eigenvalue weighted by atomic mass is 10.5. The highest BCUT2D eigenvalue weighted by atomic mass is 127. The smallest absolute Gasteiger partial charge is 0.234 e. The Balaban J connectivity index is 0.00000121. The van der Waals surface area contributed by atoms with Crippen LogP contribution in [0, 0.1) is 0 Å². The summed E-state index contributed by atoms with van der Waals surface area (Å²) in [5.41, 5.74) is 0. The normalized spacial score (nSPS) is 15.0. The molecule has 0 amide bonds. The Morgan fingerprint density at radius 2 is 2.17 bits per heavy atom. The van der Waals surface area contributed by atoms with Gasteiger partial charge in [-0.15, -0.1) is 0 Å². The minimum absolute atomic E-state index is 0. The lowest BCUT2D eigenvalue weighted by Gasteiger charge is -1.99. The molecule has 0 aromatic rings. The SMILES string of the molecule is C=CCN1C=[N+](CC=C)CC1.[I-]. The lowest BCUT2D eigenvalue weighted by Crippen LogP contribution is -3.00. The highest BCUT2D eigenvalue weighted by Gasteiger charge is 2.15. The summed E-state index contributed by atoms with van der Waals surface area (Å²) in [6, 6.07) is 0. The minimum atomic E-state index is 0. The molecule has 0 aromatic carbocycles. The van der Waals surface area contributed by atoms with Gasteiger partial charge in [-0.25, -0.2) is 0 Å². The van der Waals surface area contributed by atoms with Gasteiger partial charge < -0.3 is 24.0 Å². The minimum Gasteiger partial charge on any atom is -1.00 e. The van der Waals surface area contributed by atoms with Crippen molar-refractivity contribution in [1.29, 1.82) is 0 Å². The molecule has 3 heteroatoms. The Labute approximate surface area is 91.3 Å². The van der Waals surface area contributed by atoms with Crippen LogP contribution < -0.4 is 24.0 Å². The predicted molar refractivity (Wildman–Crippen MR) is 48.0 cm³/mol. The number of nitrogens with zero attached hydrogens (tertiary/aromatic N) is 2. The van der Waals surface area contributed by atoms with Crippen LogP contribution in [0.4, 0.5) is 0 Å². The average molecular weight is 278 g/mol. The van der Waals surface area contributed by atoms with Crippen molar-refractivity contribution in [2.45, 2.75) is 0 Å². The van der Waals surface area contributed by atoms with E-state index < -0.39 is 0 Å². The molecule has 0 aromatic heterocycles. The highest BCUT2D eigenvalue weighted by Crippen LogP contribution is 1.93. The first-order chi connectivity index (χ1) is 5.36. The van der Waals surface area contributed by atoms with E-state index in [1.54, 1.807) is 0 Å². The van der Waals surface area contributed by atoms with Gasteiger partial charge in [0.2, 0.25) is 6.34 Å². The van der Waals surface area contributed by atoms with Gasteiger partial charge >= 0.3 is 0 Å². The van der Waals surface area contributed by atoms with E-state index in [0.717, 1.165) is 26.2 Å². The number of rotatable bonds is 4. The maximum Gasteiger partial charge on any atom is 0.234 e. The summed E-state index contributed by atoms with van der Waals surface area (Å²) in [4.78, 5) is 2.25. The molecule has 0 fully saturated rings. The van der Waals surface area contributed by atoms with E-state index in [2.05, 4.69) is 29.0 Å². The van der Waals surface area contributed by atoms with Crippen LogP contribution in [0.3, 0.4) is 0 Å². The highest BCUT2D eigenvalue weighted by molar-refractivity contribution is 5.50. The molecule has 0 saturated heterocycles. The van der Waals surface area contributed by atoms with E-state index in [1.165, 1.54) is 0 Å². The molecule has 1 rings (SSSR count). The fourth-order valence-corrected chi connectivity index (χ4v) is 1.21. The Kier molecular flexibility index (Phi) is 6.06. The molecule has 0 unspecified atom stereocenters. The van der Waals surface area contributed by atoms with Crippen molar-refractivity contribution < 1.29 is 28.6 Å². The molecular formula is C9H15IN2. The van der Waals surface area contributed by atoms with Crippen LogP contribution in [0.2, 0.25) is 0 Å². The monoisotopic (exact) mass is 278 g/mol. The third kappa shape index (κ3) is 3.38. The van der Waals surface area contributed by atoms with Gasteiger partial charge in [0.1, 0.15) is 26.2 Å². The fourth-order valence-electron chi connectivity index (χ4n) is 1.21. The molecule has 0 bridgehead atoms. The Bertz CT molecular complexity index is 187. The molecule has 1 heterocycles. The van der Waals surface area contributed by atoms with Crippen molar-refractivity contribution in [3.05, 3.63) is 25.3 Å². The Morgan fingerprint density at radius 3 is 2.75 bits per heavy atom. The van der Waals surface area contributed by atoms with Crippen molar-refractivity contribution in [2.75, 3.05) is 26.2 Å². The first-order valence-electron chi connectivity index (χ1n) is 3.91. The van der Waals surface area contributed by atoms with Crippen LogP contribution >= 0.6 is 0 Å². The molecule has 0 spiro atoms. The van der Waals surface area contributed by atoms with Crippen molar-refractivity contribution in [3.8, 4) is 0 Å². The zero-order valence-corrected chi connectivity index (χ0v) is 9.40. The summed E-state index contributed by atoms with van der Waals surface area (Å²) in [5.74, 6) is 0. The van der Waals surface area contributed by atoms with Gasteiger partial charge in [-0.05, 0) is 0 Å². The van der Waals surface area contributed by atoms with Crippen LogP contribution in [0.25, 0.3) is 0 Å². The first-order valence-corrected chi connectivity index (χ1v) is 3.91. The summed E-state index contributed by atoms with van der Waals surface area (Å²) in [6.45, 7) is 11.5. The molecule has 12 heavy (non-hydrogen) atoms. The molecule has 1 aliphatic rings. The van der Waals surface area contributed by atoms with Crippen molar-refractivity contribution in [2.24, 2.45) is 0 Å². The number of hydrogen-bond donors (Lipinski definition) is 0. The molecule has 0 aliphatic carbocycles. The van der Waals surface area contributed by atoms with Crippen LogP contribution in [-0.4, -0.2) is 42.0 Å². The summed E-state index contributed by atoms with van der Waals surface area (Å²) in [7, 11) is 0. The summed E-state index contributed by atoms with van der Waals surface area (Å²) >= 11 is 0. The van der Waals surface area contributed by atoms with Crippen LogP contribution in [0.15, 0.2) is 25.3 Å². The van der Waals surface area contributed by atoms with Gasteiger partial charge in [0.25, 0.3) is 0 Å². The fraction of sp³-hybridized carbons (Fsp3) is 0.444. The van der Waals surface area contributed by atoms with Gasteiger partial charge in [0.05, 0.1) is 0 Å². The number of hydrogen-bond acceptors (Lipinski definition) is 1. The van der Waals surface area contributed by atoms with E-state index in [0.29, 0.717) is 0 Å². The van der Waals surface area contributed by atoms with Crippen LogP contribution in [0.5, 0.6) is 0 Å². The van der Waals surface area contributed by atoms with Crippen molar-refractivity contribution in [3.63, 3.8) is 0 Å². The Hall–Kier alpha value is -0.320. The van der Waals surface area contributed by atoms with Gasteiger partial charge in [0, 0.05) is 0 Å². The van der Waals surface area contributed by atoms with Gasteiger partial charge in [-0.2, -0.15) is 0 Å². The first kappa shape index (κ1) is 11.7. The molecule has 1 aliphatic heterocycles. The topological polar surface area (TPSA) is 6.25 Å². The lowest BCUT2D eigenvalue weighted by molar-refractivity contribution is -0.503. The summed E-state index contributed by atoms with van der Waals surface area (Å²) in [5, 5.41) is 0. The van der Waals surface area contributed by atoms with E-state index >= 15 is 0 Å². The molecule has 0 atom stereocenters. The second kappa shape index (κ2) is 6.22. The zero-order valence-electron chi connectivity index (χ0n) is 7.25. The van der Waals surface area contributed by atoms with Crippen molar-refractivity contribution in [1.82, 2.24) is 4.90 Å². The van der Waals surface area contributed by atoms with E-state index in [-0.39, 0.29) is 24.0 Å². The number of halogens is 1. The predicted octanol–water partition coefficient (Wildman–Crippen LogP) is -2.28. The van der Waals surface area contributed by atoms with Gasteiger partial charge in [0.15, 0.2) is 0 Å².